The van der Waals surface area contributed by atoms with Crippen LogP contribution in [0.4, 0.5) is 10.5 Å². The molecule has 0 radical (unpaired) electrons. The molecular weight excluding hydrogens is 426 g/mol. The van der Waals surface area contributed by atoms with Gasteiger partial charge in [0.1, 0.15) is 11.6 Å². The number of carbonyl (C=O) groups excluding carboxylic acids is 3. The van der Waals surface area contributed by atoms with Crippen molar-refractivity contribution in [2.45, 2.75) is 45.3 Å². The molecular formula is C23H31N5O5. The summed E-state index contributed by atoms with van der Waals surface area (Å²) in [4.78, 5) is 55.3. The highest BCUT2D eigenvalue weighted by atomic mass is 16.6. The van der Waals surface area contributed by atoms with E-state index in [9.17, 15) is 19.2 Å². The molecule has 0 saturated carbocycles. The van der Waals surface area contributed by atoms with Crippen molar-refractivity contribution in [1.82, 2.24) is 18.9 Å². The number of imidazole rings is 1. The van der Waals surface area contributed by atoms with E-state index >= 15 is 0 Å². The van der Waals surface area contributed by atoms with Gasteiger partial charge in [0.25, 0.3) is 5.91 Å². The Kier molecular flexibility index (Phi) is 5.71. The number of benzene rings is 1. The van der Waals surface area contributed by atoms with Crippen molar-refractivity contribution in [2.24, 2.45) is 7.05 Å². The van der Waals surface area contributed by atoms with Gasteiger partial charge in [-0.15, -0.1) is 0 Å². The predicted octanol–water partition coefficient (Wildman–Crippen LogP) is 1.72. The molecule has 3 heterocycles. The van der Waals surface area contributed by atoms with Crippen LogP contribution in [0.5, 0.6) is 0 Å². The molecule has 3 amide bonds. The van der Waals surface area contributed by atoms with E-state index in [4.69, 9.17) is 4.74 Å². The molecule has 2 aliphatic heterocycles. The first-order chi connectivity index (χ1) is 15.5. The van der Waals surface area contributed by atoms with Crippen molar-refractivity contribution >= 4 is 34.6 Å². The van der Waals surface area contributed by atoms with Gasteiger partial charge in [-0.3, -0.25) is 23.6 Å². The minimum atomic E-state index is -0.705. The number of rotatable bonds is 2. The zero-order valence-electron chi connectivity index (χ0n) is 19.8. The highest BCUT2D eigenvalue weighted by Gasteiger charge is 2.36. The van der Waals surface area contributed by atoms with E-state index < -0.39 is 11.6 Å². The molecule has 0 N–H and O–H groups in total. The SMILES string of the molecule is CN1C(=O)CCC(n2c(=O)n(C)c3c(N4CCN(C(=O)OC(C)(C)C)CC4)cccc32)C1=O. The molecule has 1 aromatic carbocycles. The van der Waals surface area contributed by atoms with Crippen LogP contribution in [-0.4, -0.2) is 75.7 Å². The number of carbonyl (C=O) groups is 3. The maximum Gasteiger partial charge on any atom is 0.410 e. The molecule has 10 heteroatoms. The second-order valence-corrected chi connectivity index (χ2v) is 9.66. The number of nitrogens with zero attached hydrogens (tertiary/aromatic N) is 5. The van der Waals surface area contributed by atoms with Crippen molar-refractivity contribution in [3.63, 3.8) is 0 Å². The first-order valence-corrected chi connectivity index (χ1v) is 11.2. The lowest BCUT2D eigenvalue weighted by atomic mass is 10.0. The zero-order valence-corrected chi connectivity index (χ0v) is 19.8. The Bertz CT molecular complexity index is 1170. The Balaban J connectivity index is 1.63. The Morgan fingerprint density at radius 2 is 1.70 bits per heavy atom. The van der Waals surface area contributed by atoms with Gasteiger partial charge < -0.3 is 14.5 Å². The van der Waals surface area contributed by atoms with Crippen LogP contribution in [0.15, 0.2) is 23.0 Å². The number of aromatic nitrogens is 2. The van der Waals surface area contributed by atoms with Gasteiger partial charge in [0.05, 0.1) is 16.7 Å². The zero-order chi connectivity index (χ0) is 24.1. The monoisotopic (exact) mass is 457 g/mol. The molecule has 1 atom stereocenters. The fraction of sp³-hybridized carbons (Fsp3) is 0.565. The number of anilines is 1. The number of likely N-dealkylation sites (N-methyl/N-ethyl adjacent to an activating group) is 1. The highest BCUT2D eigenvalue weighted by Crippen LogP contribution is 2.31. The lowest BCUT2D eigenvalue weighted by Gasteiger charge is -2.37. The summed E-state index contributed by atoms with van der Waals surface area (Å²) in [5.41, 5.74) is 1.44. The third-order valence-electron chi connectivity index (χ3n) is 6.29. The number of amides is 3. The maximum absolute atomic E-state index is 13.2. The minimum Gasteiger partial charge on any atom is -0.444 e. The molecule has 0 bridgehead atoms. The minimum absolute atomic E-state index is 0.224. The Morgan fingerprint density at radius 1 is 1.03 bits per heavy atom. The first-order valence-electron chi connectivity index (χ1n) is 11.2. The summed E-state index contributed by atoms with van der Waals surface area (Å²) in [7, 11) is 3.16. The average molecular weight is 458 g/mol. The number of piperazine rings is 1. The standard InChI is InChI=1S/C23H31N5O5/c1-23(2,3)33-22(32)27-13-11-26(12-14-27)15-7-6-8-16-19(15)25(5)21(31)28(16)17-9-10-18(29)24(4)20(17)30/h6-8,17H,9-14H2,1-5H3. The molecule has 33 heavy (non-hydrogen) atoms. The third-order valence-corrected chi connectivity index (χ3v) is 6.29. The van der Waals surface area contributed by atoms with E-state index in [-0.39, 0.29) is 30.0 Å². The number of hydrogen-bond acceptors (Lipinski definition) is 6. The summed E-state index contributed by atoms with van der Waals surface area (Å²) >= 11 is 0. The molecule has 1 unspecified atom stereocenters. The van der Waals surface area contributed by atoms with Crippen LogP contribution in [0.2, 0.25) is 0 Å². The smallest absolute Gasteiger partial charge is 0.410 e. The number of aryl methyl sites for hydroxylation is 1. The van der Waals surface area contributed by atoms with Crippen molar-refractivity contribution in [1.29, 1.82) is 0 Å². The molecule has 0 aliphatic carbocycles. The molecule has 2 fully saturated rings. The number of ether oxygens (including phenoxy) is 1. The number of imide groups is 1. The van der Waals surface area contributed by atoms with Crippen LogP contribution < -0.4 is 10.6 Å². The molecule has 1 aromatic heterocycles. The number of fused-ring (bicyclic) bond motifs is 1. The van der Waals surface area contributed by atoms with Crippen LogP contribution >= 0.6 is 0 Å². The van der Waals surface area contributed by atoms with Crippen molar-refractivity contribution in [3.05, 3.63) is 28.7 Å². The van der Waals surface area contributed by atoms with Gasteiger partial charge in [0, 0.05) is 46.7 Å². The summed E-state index contributed by atoms with van der Waals surface area (Å²) < 4.78 is 8.56. The molecule has 0 spiro atoms. The Morgan fingerprint density at radius 3 is 2.33 bits per heavy atom. The number of piperidine rings is 1. The molecule has 2 aromatic rings. The van der Waals surface area contributed by atoms with Gasteiger partial charge in [0.2, 0.25) is 5.91 Å². The summed E-state index contributed by atoms with van der Waals surface area (Å²) in [5, 5.41) is 0. The van der Waals surface area contributed by atoms with E-state index in [1.807, 2.05) is 39.0 Å². The maximum atomic E-state index is 13.2. The average Bonchev–Trinajstić information content (AvgIpc) is 3.02. The van der Waals surface area contributed by atoms with Gasteiger partial charge in [-0.25, -0.2) is 9.59 Å². The third kappa shape index (κ3) is 4.09. The topological polar surface area (TPSA) is 97.1 Å². The van der Waals surface area contributed by atoms with Crippen molar-refractivity contribution in [2.75, 3.05) is 38.1 Å². The van der Waals surface area contributed by atoms with Crippen molar-refractivity contribution in [3.8, 4) is 0 Å². The summed E-state index contributed by atoms with van der Waals surface area (Å²) in [5.74, 6) is -0.592. The van der Waals surface area contributed by atoms with Gasteiger partial charge in [0.15, 0.2) is 0 Å². The van der Waals surface area contributed by atoms with Crippen LogP contribution in [0, 0.1) is 0 Å². The highest BCUT2D eigenvalue weighted by molar-refractivity contribution is 6.00. The van der Waals surface area contributed by atoms with Gasteiger partial charge in [-0.2, -0.15) is 0 Å². The fourth-order valence-electron chi connectivity index (χ4n) is 4.57. The first kappa shape index (κ1) is 22.9. The van der Waals surface area contributed by atoms with Crippen LogP contribution in [0.3, 0.4) is 0 Å². The largest absolute Gasteiger partial charge is 0.444 e. The van der Waals surface area contributed by atoms with Gasteiger partial charge in [-0.05, 0) is 39.3 Å². The van der Waals surface area contributed by atoms with Crippen LogP contribution in [0.25, 0.3) is 11.0 Å². The number of hydrogen-bond donors (Lipinski definition) is 0. The van der Waals surface area contributed by atoms with E-state index in [2.05, 4.69) is 4.90 Å². The molecule has 2 saturated heterocycles. The molecule has 10 nitrogen and oxygen atoms in total. The predicted molar refractivity (Wildman–Crippen MR) is 123 cm³/mol. The Labute approximate surface area is 192 Å². The lowest BCUT2D eigenvalue weighted by molar-refractivity contribution is -0.149. The molecule has 2 aliphatic rings. The van der Waals surface area contributed by atoms with E-state index in [1.54, 1.807) is 16.5 Å². The summed E-state index contributed by atoms with van der Waals surface area (Å²) in [6, 6.07) is 4.95. The Hall–Kier alpha value is -3.30. The lowest BCUT2D eigenvalue weighted by Crippen LogP contribution is -2.50. The van der Waals surface area contributed by atoms with E-state index in [1.165, 1.54) is 11.6 Å². The fourth-order valence-corrected chi connectivity index (χ4v) is 4.57. The molecule has 4 rings (SSSR count). The van der Waals surface area contributed by atoms with Gasteiger partial charge >= 0.3 is 11.8 Å². The second-order valence-electron chi connectivity index (χ2n) is 9.66. The van der Waals surface area contributed by atoms with Gasteiger partial charge in [-0.1, -0.05) is 6.07 Å². The normalized spacial score (nSPS) is 20.0. The van der Waals surface area contributed by atoms with Crippen LogP contribution in [-0.2, 0) is 21.4 Å². The quantitative estimate of drug-likeness (QED) is 0.637. The molecule has 178 valence electrons. The van der Waals surface area contributed by atoms with Crippen molar-refractivity contribution < 1.29 is 19.1 Å². The summed E-state index contributed by atoms with van der Waals surface area (Å²) in [6.07, 6.45) is 0.204. The van der Waals surface area contributed by atoms with Crippen LogP contribution in [0.1, 0.15) is 39.7 Å². The number of para-hydroxylation sites is 1. The van der Waals surface area contributed by atoms with E-state index in [0.717, 1.165) is 16.1 Å². The summed E-state index contributed by atoms with van der Waals surface area (Å²) in [6.45, 7) is 7.74. The van der Waals surface area contributed by atoms with E-state index in [0.29, 0.717) is 38.1 Å². The number of likely N-dealkylation sites (tertiary alicyclic amines) is 1. The second kappa shape index (κ2) is 8.24.